The molecule has 0 saturated carbocycles. The molecule has 0 N–H and O–H groups in total. The van der Waals surface area contributed by atoms with E-state index in [4.69, 9.17) is 32.7 Å². The molecule has 2 aromatic carbocycles. The van der Waals surface area contributed by atoms with Crippen molar-refractivity contribution in [1.82, 2.24) is 0 Å². The summed E-state index contributed by atoms with van der Waals surface area (Å²) in [5.74, 6) is -0.808. The molecule has 0 unspecified atom stereocenters. The van der Waals surface area contributed by atoms with Crippen molar-refractivity contribution < 1.29 is 23.8 Å². The van der Waals surface area contributed by atoms with Crippen LogP contribution in [0.1, 0.15) is 20.7 Å². The van der Waals surface area contributed by atoms with Crippen LogP contribution in [0.4, 0.5) is 0 Å². The Balaban J connectivity index is 2.28. The molecule has 0 amide bonds. The number of halogens is 2. The molecule has 0 aliphatic carbocycles. The molecular weight excluding hydrogens is 343 g/mol. The maximum atomic E-state index is 12.2. The van der Waals surface area contributed by atoms with Gasteiger partial charge < -0.3 is 14.2 Å². The van der Waals surface area contributed by atoms with E-state index in [9.17, 15) is 9.59 Å². The molecule has 0 aromatic heterocycles. The van der Waals surface area contributed by atoms with Crippen molar-refractivity contribution in [2.75, 3.05) is 14.2 Å². The molecule has 23 heavy (non-hydrogen) atoms. The third-order valence-corrected chi connectivity index (χ3v) is 3.32. The van der Waals surface area contributed by atoms with Crippen LogP contribution in [-0.2, 0) is 4.74 Å². The summed E-state index contributed by atoms with van der Waals surface area (Å²) in [6, 6.07) is 8.69. The van der Waals surface area contributed by atoms with Crippen molar-refractivity contribution in [3.63, 3.8) is 0 Å². The molecule has 0 aliphatic rings. The van der Waals surface area contributed by atoms with Crippen LogP contribution in [0.25, 0.3) is 0 Å². The summed E-state index contributed by atoms with van der Waals surface area (Å²) >= 11 is 11.7. The van der Waals surface area contributed by atoms with Crippen LogP contribution in [0.3, 0.4) is 0 Å². The summed E-state index contributed by atoms with van der Waals surface area (Å²) in [5, 5.41) is 0.634. The van der Waals surface area contributed by atoms with Gasteiger partial charge in [-0.3, -0.25) is 0 Å². The average Bonchev–Trinajstić information content (AvgIpc) is 2.53. The van der Waals surface area contributed by atoms with Crippen LogP contribution in [-0.4, -0.2) is 26.2 Å². The number of esters is 2. The van der Waals surface area contributed by atoms with E-state index in [1.807, 2.05) is 0 Å². The maximum absolute atomic E-state index is 12.2. The summed E-state index contributed by atoms with van der Waals surface area (Å²) in [6.45, 7) is 0. The smallest absolute Gasteiger partial charge is 0.343 e. The number of ether oxygens (including phenoxy) is 3. The van der Waals surface area contributed by atoms with Crippen LogP contribution in [0.5, 0.6) is 11.5 Å². The number of benzene rings is 2. The van der Waals surface area contributed by atoms with E-state index in [0.717, 1.165) is 0 Å². The van der Waals surface area contributed by atoms with Crippen LogP contribution >= 0.6 is 23.2 Å². The van der Waals surface area contributed by atoms with Gasteiger partial charge in [-0.15, -0.1) is 0 Å². The molecule has 5 nitrogen and oxygen atoms in total. The first-order valence-corrected chi connectivity index (χ1v) is 7.15. The molecule has 0 fully saturated rings. The zero-order valence-electron chi connectivity index (χ0n) is 12.3. The number of methoxy groups -OCH3 is 2. The fraction of sp³-hybridized carbons (Fsp3) is 0.125. The highest BCUT2D eigenvalue weighted by atomic mass is 35.5. The van der Waals surface area contributed by atoms with Crippen LogP contribution in [0.2, 0.25) is 10.0 Å². The van der Waals surface area contributed by atoms with Crippen molar-refractivity contribution in [3.05, 3.63) is 57.6 Å². The third kappa shape index (κ3) is 4.15. The average molecular weight is 355 g/mol. The monoisotopic (exact) mass is 354 g/mol. The Labute approximate surface area is 142 Å². The second-order valence-electron chi connectivity index (χ2n) is 4.40. The highest BCUT2D eigenvalue weighted by molar-refractivity contribution is 6.35. The zero-order chi connectivity index (χ0) is 17.0. The van der Waals surface area contributed by atoms with Gasteiger partial charge in [-0.1, -0.05) is 23.2 Å². The lowest BCUT2D eigenvalue weighted by molar-refractivity contribution is 0.0600. The lowest BCUT2D eigenvalue weighted by Crippen LogP contribution is -2.10. The Kier molecular flexibility index (Phi) is 5.47. The van der Waals surface area contributed by atoms with Gasteiger partial charge >= 0.3 is 11.9 Å². The minimum Gasteiger partial charge on any atom is -0.493 e. The Morgan fingerprint density at radius 2 is 1.48 bits per heavy atom. The molecule has 2 rings (SSSR count). The molecule has 0 saturated heterocycles. The SMILES string of the molecule is COC(=O)c1ccc(OC(=O)c2cc(Cl)cc(Cl)c2)c(OC)c1. The predicted molar refractivity (Wildman–Crippen MR) is 85.8 cm³/mol. The molecule has 0 atom stereocenters. The van der Waals surface area contributed by atoms with E-state index < -0.39 is 11.9 Å². The lowest BCUT2D eigenvalue weighted by Gasteiger charge is -2.10. The second kappa shape index (κ2) is 7.35. The minimum atomic E-state index is -0.654. The van der Waals surface area contributed by atoms with Crippen LogP contribution in [0.15, 0.2) is 36.4 Å². The second-order valence-corrected chi connectivity index (χ2v) is 5.28. The molecule has 0 aliphatic heterocycles. The van der Waals surface area contributed by atoms with E-state index in [2.05, 4.69) is 4.74 Å². The van der Waals surface area contributed by atoms with E-state index in [0.29, 0.717) is 10.0 Å². The molecule has 0 bridgehead atoms. The van der Waals surface area contributed by atoms with Crippen molar-refractivity contribution in [2.24, 2.45) is 0 Å². The van der Waals surface area contributed by atoms with E-state index in [1.54, 1.807) is 0 Å². The summed E-state index contributed by atoms with van der Waals surface area (Å²) < 4.78 is 15.0. The molecule has 0 radical (unpaired) electrons. The van der Waals surface area contributed by atoms with Gasteiger partial charge in [-0.05, 0) is 36.4 Å². The Hall–Kier alpha value is -2.24. The lowest BCUT2D eigenvalue weighted by atomic mass is 10.2. The highest BCUT2D eigenvalue weighted by Gasteiger charge is 2.16. The van der Waals surface area contributed by atoms with Crippen molar-refractivity contribution >= 4 is 35.1 Å². The van der Waals surface area contributed by atoms with E-state index in [1.165, 1.54) is 50.6 Å². The number of carbonyl (C=O) groups excluding carboxylic acids is 2. The van der Waals surface area contributed by atoms with Gasteiger partial charge in [0, 0.05) is 10.0 Å². The predicted octanol–water partition coefficient (Wildman–Crippen LogP) is 4.01. The van der Waals surface area contributed by atoms with Crippen molar-refractivity contribution in [2.45, 2.75) is 0 Å². The van der Waals surface area contributed by atoms with E-state index in [-0.39, 0.29) is 22.6 Å². The largest absolute Gasteiger partial charge is 0.493 e. The van der Waals surface area contributed by atoms with Crippen molar-refractivity contribution in [1.29, 1.82) is 0 Å². The van der Waals surface area contributed by atoms with Gasteiger partial charge in [0.15, 0.2) is 11.5 Å². The number of hydrogen-bond donors (Lipinski definition) is 0. The van der Waals surface area contributed by atoms with Crippen LogP contribution < -0.4 is 9.47 Å². The highest BCUT2D eigenvalue weighted by Crippen LogP contribution is 2.29. The van der Waals surface area contributed by atoms with Gasteiger partial charge in [0.2, 0.25) is 0 Å². The summed E-state index contributed by atoms with van der Waals surface area (Å²) in [5.41, 5.74) is 0.469. The first-order chi connectivity index (χ1) is 10.9. The van der Waals surface area contributed by atoms with E-state index >= 15 is 0 Å². The van der Waals surface area contributed by atoms with Gasteiger partial charge in [-0.25, -0.2) is 9.59 Å². The molecule has 120 valence electrons. The third-order valence-electron chi connectivity index (χ3n) is 2.89. The maximum Gasteiger partial charge on any atom is 0.343 e. The first kappa shape index (κ1) is 17.1. The Morgan fingerprint density at radius 1 is 0.826 bits per heavy atom. The fourth-order valence-electron chi connectivity index (χ4n) is 1.83. The zero-order valence-corrected chi connectivity index (χ0v) is 13.8. The first-order valence-electron chi connectivity index (χ1n) is 6.39. The Bertz CT molecular complexity index is 738. The topological polar surface area (TPSA) is 61.8 Å². The van der Waals surface area contributed by atoms with Crippen molar-refractivity contribution in [3.8, 4) is 11.5 Å². The molecular formula is C16H12Cl2O5. The fourth-order valence-corrected chi connectivity index (χ4v) is 2.35. The number of hydrogen-bond acceptors (Lipinski definition) is 5. The quantitative estimate of drug-likeness (QED) is 0.613. The van der Waals surface area contributed by atoms with Gasteiger partial charge in [0.05, 0.1) is 25.3 Å². The standard InChI is InChI=1S/C16H12Cl2O5/c1-21-14-7-9(15(19)22-2)3-4-13(14)23-16(20)10-5-11(17)8-12(18)6-10/h3-8H,1-2H3. The molecule has 0 spiro atoms. The normalized spacial score (nSPS) is 10.1. The van der Waals surface area contributed by atoms with Gasteiger partial charge in [0.25, 0.3) is 0 Å². The number of rotatable bonds is 4. The Morgan fingerprint density at radius 3 is 2.04 bits per heavy atom. The molecule has 0 heterocycles. The van der Waals surface area contributed by atoms with Gasteiger partial charge in [0.1, 0.15) is 0 Å². The summed E-state index contributed by atoms with van der Waals surface area (Å²) in [7, 11) is 2.66. The van der Waals surface area contributed by atoms with Gasteiger partial charge in [-0.2, -0.15) is 0 Å². The summed E-state index contributed by atoms with van der Waals surface area (Å²) in [6.07, 6.45) is 0. The molecule has 2 aromatic rings. The minimum absolute atomic E-state index is 0.154. The number of carbonyl (C=O) groups is 2. The summed E-state index contributed by atoms with van der Waals surface area (Å²) in [4.78, 5) is 23.7. The molecule has 7 heteroatoms. The van der Waals surface area contributed by atoms with Crippen LogP contribution in [0, 0.1) is 0 Å².